The van der Waals surface area contributed by atoms with Gasteiger partial charge in [-0.15, -0.1) is 0 Å². The predicted octanol–water partition coefficient (Wildman–Crippen LogP) is 2.17. The third-order valence-corrected chi connectivity index (χ3v) is 3.72. The molecule has 1 rings (SSSR count). The number of amides is 2. The maximum atomic E-state index is 11.8. The predicted molar refractivity (Wildman–Crippen MR) is 74.0 cm³/mol. The first-order valence-electron chi connectivity index (χ1n) is 7.12. The van der Waals surface area contributed by atoms with Crippen molar-refractivity contribution in [1.82, 2.24) is 10.2 Å². The van der Waals surface area contributed by atoms with E-state index in [4.69, 9.17) is 5.11 Å². The molecule has 0 aromatic heterocycles. The first kappa shape index (κ1) is 15.8. The van der Waals surface area contributed by atoms with Crippen LogP contribution in [0.15, 0.2) is 0 Å². The second kappa shape index (κ2) is 7.36. The van der Waals surface area contributed by atoms with Crippen molar-refractivity contribution in [2.75, 3.05) is 20.1 Å². The molecule has 1 saturated carbocycles. The molecule has 0 heterocycles. The number of carboxylic acids is 1. The van der Waals surface area contributed by atoms with Gasteiger partial charge < -0.3 is 15.3 Å². The Morgan fingerprint density at radius 3 is 2.32 bits per heavy atom. The van der Waals surface area contributed by atoms with Gasteiger partial charge in [-0.25, -0.2) is 4.79 Å². The van der Waals surface area contributed by atoms with Crippen molar-refractivity contribution in [2.45, 2.75) is 39.5 Å². The summed E-state index contributed by atoms with van der Waals surface area (Å²) in [4.78, 5) is 24.4. The van der Waals surface area contributed by atoms with Crippen molar-refractivity contribution in [2.24, 2.45) is 17.8 Å². The number of carbonyl (C=O) groups is 2. The van der Waals surface area contributed by atoms with Crippen LogP contribution in [-0.4, -0.2) is 42.1 Å². The average molecular weight is 270 g/mol. The van der Waals surface area contributed by atoms with Gasteiger partial charge >= 0.3 is 12.0 Å². The fourth-order valence-electron chi connectivity index (χ4n) is 2.61. The Bertz CT molecular complexity index is 310. The smallest absolute Gasteiger partial charge is 0.317 e. The quantitative estimate of drug-likeness (QED) is 0.804. The zero-order valence-electron chi connectivity index (χ0n) is 12.2. The number of hydrogen-bond acceptors (Lipinski definition) is 2. The number of carboxylic acid groups (broad SMARTS) is 1. The molecule has 0 aromatic rings. The molecule has 110 valence electrons. The molecule has 19 heavy (non-hydrogen) atoms. The minimum absolute atomic E-state index is 0.0333. The second-order valence-corrected chi connectivity index (χ2v) is 6.02. The van der Waals surface area contributed by atoms with Crippen LogP contribution in [0.4, 0.5) is 4.79 Å². The van der Waals surface area contributed by atoms with E-state index in [2.05, 4.69) is 19.2 Å². The van der Waals surface area contributed by atoms with Gasteiger partial charge in [-0.1, -0.05) is 13.8 Å². The number of urea groups is 1. The molecule has 0 aromatic carbocycles. The van der Waals surface area contributed by atoms with E-state index in [0.717, 1.165) is 32.2 Å². The van der Waals surface area contributed by atoms with E-state index in [-0.39, 0.29) is 11.9 Å². The highest BCUT2D eigenvalue weighted by molar-refractivity contribution is 5.73. The van der Waals surface area contributed by atoms with Crippen LogP contribution in [0, 0.1) is 17.8 Å². The maximum Gasteiger partial charge on any atom is 0.317 e. The fraction of sp³-hybridized carbons (Fsp3) is 0.857. The van der Waals surface area contributed by atoms with Gasteiger partial charge in [0, 0.05) is 20.1 Å². The van der Waals surface area contributed by atoms with Crippen molar-refractivity contribution in [3.05, 3.63) is 0 Å². The molecule has 0 aliphatic heterocycles. The highest BCUT2D eigenvalue weighted by Crippen LogP contribution is 2.28. The molecule has 0 bridgehead atoms. The summed E-state index contributed by atoms with van der Waals surface area (Å²) in [7, 11) is 1.80. The number of aliphatic carboxylic acids is 1. The summed E-state index contributed by atoms with van der Waals surface area (Å²) in [6.45, 7) is 5.57. The van der Waals surface area contributed by atoms with Crippen molar-refractivity contribution in [1.29, 1.82) is 0 Å². The Hall–Kier alpha value is -1.26. The van der Waals surface area contributed by atoms with Crippen LogP contribution >= 0.6 is 0 Å². The Morgan fingerprint density at radius 1 is 1.26 bits per heavy atom. The van der Waals surface area contributed by atoms with Crippen molar-refractivity contribution < 1.29 is 14.7 Å². The third-order valence-electron chi connectivity index (χ3n) is 3.72. The molecule has 0 radical (unpaired) electrons. The summed E-state index contributed by atoms with van der Waals surface area (Å²) in [5.74, 6) is 0.0171. The van der Waals surface area contributed by atoms with Gasteiger partial charge in [0.2, 0.25) is 0 Å². The Balaban J connectivity index is 2.23. The van der Waals surface area contributed by atoms with Crippen LogP contribution in [0.25, 0.3) is 0 Å². The Kier molecular flexibility index (Phi) is 6.12. The number of hydrogen-bond donors (Lipinski definition) is 2. The van der Waals surface area contributed by atoms with Gasteiger partial charge in [0.25, 0.3) is 0 Å². The van der Waals surface area contributed by atoms with Gasteiger partial charge in [-0.05, 0) is 37.5 Å². The van der Waals surface area contributed by atoms with E-state index in [0.29, 0.717) is 18.4 Å². The van der Waals surface area contributed by atoms with Gasteiger partial charge in [-0.2, -0.15) is 0 Å². The Morgan fingerprint density at radius 2 is 1.84 bits per heavy atom. The minimum Gasteiger partial charge on any atom is -0.481 e. The van der Waals surface area contributed by atoms with Crippen LogP contribution in [0.3, 0.4) is 0 Å². The zero-order valence-corrected chi connectivity index (χ0v) is 12.2. The van der Waals surface area contributed by atoms with Crippen molar-refractivity contribution in [3.8, 4) is 0 Å². The molecular formula is C14H26N2O3. The lowest BCUT2D eigenvalue weighted by Gasteiger charge is -2.27. The Labute approximate surface area is 115 Å². The summed E-state index contributed by atoms with van der Waals surface area (Å²) in [6, 6.07) is -0.0333. The van der Waals surface area contributed by atoms with Gasteiger partial charge in [0.05, 0.1) is 5.92 Å². The van der Waals surface area contributed by atoms with E-state index in [1.54, 1.807) is 11.9 Å². The normalized spacial score (nSPS) is 23.2. The van der Waals surface area contributed by atoms with E-state index in [9.17, 15) is 9.59 Å². The van der Waals surface area contributed by atoms with Gasteiger partial charge in [-0.3, -0.25) is 4.79 Å². The highest BCUT2D eigenvalue weighted by Gasteiger charge is 2.26. The summed E-state index contributed by atoms with van der Waals surface area (Å²) >= 11 is 0. The van der Waals surface area contributed by atoms with Crippen molar-refractivity contribution in [3.63, 3.8) is 0 Å². The van der Waals surface area contributed by atoms with Crippen LogP contribution in [0.1, 0.15) is 39.5 Å². The van der Waals surface area contributed by atoms with E-state index in [1.807, 2.05) is 0 Å². The summed E-state index contributed by atoms with van der Waals surface area (Å²) in [5, 5.41) is 11.9. The van der Waals surface area contributed by atoms with E-state index < -0.39 is 5.97 Å². The molecule has 0 saturated heterocycles. The molecule has 0 spiro atoms. The zero-order chi connectivity index (χ0) is 14.4. The number of carbonyl (C=O) groups excluding carboxylic acids is 1. The third kappa shape index (κ3) is 5.49. The largest absolute Gasteiger partial charge is 0.481 e. The van der Waals surface area contributed by atoms with Crippen molar-refractivity contribution >= 4 is 12.0 Å². The van der Waals surface area contributed by atoms with E-state index >= 15 is 0 Å². The van der Waals surface area contributed by atoms with Crippen LogP contribution < -0.4 is 5.32 Å². The van der Waals surface area contributed by atoms with Crippen LogP contribution in [0.5, 0.6) is 0 Å². The topological polar surface area (TPSA) is 69.6 Å². The first-order valence-corrected chi connectivity index (χ1v) is 7.12. The number of nitrogens with one attached hydrogen (secondary N) is 1. The van der Waals surface area contributed by atoms with Gasteiger partial charge in [0.1, 0.15) is 0 Å². The standard InChI is InChI=1S/C14H26N2O3/c1-10(2)9-16(3)14(19)15-8-11-4-6-12(7-5-11)13(17)18/h10-12H,4-9H2,1-3H3,(H,15,19)(H,17,18). The molecule has 0 atom stereocenters. The second-order valence-electron chi connectivity index (χ2n) is 6.02. The lowest BCUT2D eigenvalue weighted by atomic mass is 9.82. The first-order chi connectivity index (χ1) is 8.90. The molecule has 5 nitrogen and oxygen atoms in total. The summed E-state index contributed by atoms with van der Waals surface area (Å²) < 4.78 is 0. The fourth-order valence-corrected chi connectivity index (χ4v) is 2.61. The molecule has 2 amide bonds. The molecule has 0 unspecified atom stereocenters. The molecule has 1 aliphatic rings. The molecule has 1 fully saturated rings. The maximum absolute atomic E-state index is 11.8. The monoisotopic (exact) mass is 270 g/mol. The summed E-state index contributed by atoms with van der Waals surface area (Å²) in [6.07, 6.45) is 3.26. The molecular weight excluding hydrogens is 244 g/mol. The van der Waals surface area contributed by atoms with Gasteiger partial charge in [0.15, 0.2) is 0 Å². The molecule has 2 N–H and O–H groups in total. The highest BCUT2D eigenvalue weighted by atomic mass is 16.4. The minimum atomic E-state index is -0.681. The molecule has 5 heteroatoms. The lowest BCUT2D eigenvalue weighted by Crippen LogP contribution is -2.41. The molecule has 1 aliphatic carbocycles. The number of rotatable bonds is 5. The van der Waals surface area contributed by atoms with Crippen LogP contribution in [-0.2, 0) is 4.79 Å². The van der Waals surface area contributed by atoms with E-state index in [1.165, 1.54) is 0 Å². The SMILES string of the molecule is CC(C)CN(C)C(=O)NCC1CCC(C(=O)O)CC1. The summed E-state index contributed by atoms with van der Waals surface area (Å²) in [5.41, 5.74) is 0. The van der Waals surface area contributed by atoms with Crippen LogP contribution in [0.2, 0.25) is 0 Å². The lowest BCUT2D eigenvalue weighted by molar-refractivity contribution is -0.143. The number of nitrogens with zero attached hydrogens (tertiary/aromatic N) is 1. The average Bonchev–Trinajstić information content (AvgIpc) is 2.35.